The topological polar surface area (TPSA) is 76.2 Å². The van der Waals surface area contributed by atoms with Crippen molar-refractivity contribution in [1.82, 2.24) is 25.0 Å². The number of rotatable bonds is 6. The van der Waals surface area contributed by atoms with E-state index in [1.165, 1.54) is 12.0 Å². The molecular formula is C19H21N5O2. The van der Waals surface area contributed by atoms with E-state index in [-0.39, 0.29) is 11.9 Å². The van der Waals surface area contributed by atoms with Crippen molar-refractivity contribution in [2.24, 2.45) is 0 Å². The van der Waals surface area contributed by atoms with E-state index in [1.54, 1.807) is 12.1 Å². The van der Waals surface area contributed by atoms with Gasteiger partial charge in [-0.3, -0.25) is 19.4 Å². The molecule has 1 aliphatic rings. The number of carbonyl (C=O) groups is 1. The largest absolute Gasteiger partial charge is 0.459 e. The molecule has 1 aliphatic heterocycles. The predicted molar refractivity (Wildman–Crippen MR) is 95.3 cm³/mol. The Hall–Kier alpha value is -2.93. The molecule has 7 nitrogen and oxygen atoms in total. The van der Waals surface area contributed by atoms with Gasteiger partial charge in [0, 0.05) is 38.6 Å². The highest BCUT2D eigenvalue weighted by atomic mass is 16.3. The Morgan fingerprint density at radius 3 is 3.00 bits per heavy atom. The summed E-state index contributed by atoms with van der Waals surface area (Å²) in [7, 11) is 0. The van der Waals surface area contributed by atoms with Crippen molar-refractivity contribution in [2.45, 2.75) is 25.6 Å². The SMILES string of the molecule is O=C(NCCC1CN(Cc2ccccn2)Cc2ccnn21)c1ccco1. The smallest absolute Gasteiger partial charge is 0.286 e. The summed E-state index contributed by atoms with van der Waals surface area (Å²) in [4.78, 5) is 18.8. The summed E-state index contributed by atoms with van der Waals surface area (Å²) in [6.45, 7) is 3.11. The van der Waals surface area contributed by atoms with Crippen LogP contribution >= 0.6 is 0 Å². The first kappa shape index (κ1) is 16.5. The number of aromatic nitrogens is 3. The van der Waals surface area contributed by atoms with Gasteiger partial charge in [0.15, 0.2) is 5.76 Å². The van der Waals surface area contributed by atoms with Gasteiger partial charge in [0.25, 0.3) is 5.91 Å². The summed E-state index contributed by atoms with van der Waals surface area (Å²) >= 11 is 0. The summed E-state index contributed by atoms with van der Waals surface area (Å²) in [5, 5.41) is 7.39. The molecule has 4 rings (SSSR count). The number of furan rings is 1. The minimum Gasteiger partial charge on any atom is -0.459 e. The number of amides is 1. The highest BCUT2D eigenvalue weighted by Gasteiger charge is 2.25. The molecule has 26 heavy (non-hydrogen) atoms. The van der Waals surface area contributed by atoms with Crippen LogP contribution in [-0.4, -0.2) is 38.7 Å². The molecule has 3 aromatic rings. The maximum Gasteiger partial charge on any atom is 0.286 e. The number of nitrogens with one attached hydrogen (secondary N) is 1. The second-order valence-corrected chi connectivity index (χ2v) is 6.43. The van der Waals surface area contributed by atoms with E-state index in [0.717, 1.165) is 31.7 Å². The summed E-state index contributed by atoms with van der Waals surface area (Å²) in [5.74, 6) is 0.155. The van der Waals surface area contributed by atoms with Gasteiger partial charge in [-0.2, -0.15) is 5.10 Å². The standard InChI is InChI=1S/C19H21N5O2/c25-19(18-5-3-11-26-18)21-9-6-16-13-23(12-15-4-1-2-8-20-15)14-17-7-10-22-24(16)17/h1-5,7-8,10-11,16H,6,9,12-14H2,(H,21,25). The van der Waals surface area contributed by atoms with Gasteiger partial charge in [-0.25, -0.2) is 0 Å². The zero-order valence-electron chi connectivity index (χ0n) is 14.4. The Balaban J connectivity index is 1.38. The minimum atomic E-state index is -0.183. The first-order valence-corrected chi connectivity index (χ1v) is 8.76. The maximum absolute atomic E-state index is 12.0. The van der Waals surface area contributed by atoms with Crippen LogP contribution in [0.1, 0.15) is 34.4 Å². The Labute approximate surface area is 151 Å². The molecular weight excluding hydrogens is 330 g/mol. The molecule has 0 aromatic carbocycles. The molecule has 1 amide bonds. The highest BCUT2D eigenvalue weighted by molar-refractivity contribution is 5.91. The van der Waals surface area contributed by atoms with E-state index in [0.29, 0.717) is 12.3 Å². The lowest BCUT2D eigenvalue weighted by Crippen LogP contribution is -2.39. The molecule has 0 spiro atoms. The molecule has 7 heteroatoms. The van der Waals surface area contributed by atoms with Crippen LogP contribution in [0.15, 0.2) is 59.5 Å². The van der Waals surface area contributed by atoms with Crippen LogP contribution in [0, 0.1) is 0 Å². The van der Waals surface area contributed by atoms with E-state index >= 15 is 0 Å². The van der Waals surface area contributed by atoms with Crippen molar-refractivity contribution in [1.29, 1.82) is 0 Å². The third kappa shape index (κ3) is 3.67. The Bertz CT molecular complexity index is 844. The molecule has 1 atom stereocenters. The van der Waals surface area contributed by atoms with Crippen LogP contribution in [0.4, 0.5) is 0 Å². The van der Waals surface area contributed by atoms with Gasteiger partial charge in [0.1, 0.15) is 0 Å². The third-order valence-corrected chi connectivity index (χ3v) is 4.57. The van der Waals surface area contributed by atoms with E-state index in [1.807, 2.05) is 30.6 Å². The number of hydrogen-bond acceptors (Lipinski definition) is 5. The van der Waals surface area contributed by atoms with Crippen LogP contribution in [0.3, 0.4) is 0 Å². The van der Waals surface area contributed by atoms with Crippen molar-refractivity contribution in [3.8, 4) is 0 Å². The Morgan fingerprint density at radius 2 is 2.19 bits per heavy atom. The van der Waals surface area contributed by atoms with Gasteiger partial charge < -0.3 is 9.73 Å². The van der Waals surface area contributed by atoms with Crippen molar-refractivity contribution < 1.29 is 9.21 Å². The second kappa shape index (κ2) is 7.53. The molecule has 0 fully saturated rings. The lowest BCUT2D eigenvalue weighted by Gasteiger charge is -2.33. The van der Waals surface area contributed by atoms with Gasteiger partial charge in [0.05, 0.1) is 23.7 Å². The molecule has 0 saturated carbocycles. The Morgan fingerprint density at radius 1 is 1.23 bits per heavy atom. The molecule has 1 N–H and O–H groups in total. The van der Waals surface area contributed by atoms with Gasteiger partial charge in [-0.1, -0.05) is 6.07 Å². The van der Waals surface area contributed by atoms with Gasteiger partial charge >= 0.3 is 0 Å². The molecule has 0 aliphatic carbocycles. The number of pyridine rings is 1. The maximum atomic E-state index is 12.0. The summed E-state index contributed by atoms with van der Waals surface area (Å²) in [6, 6.07) is 11.6. The molecule has 4 heterocycles. The molecule has 0 radical (unpaired) electrons. The first-order valence-electron chi connectivity index (χ1n) is 8.76. The van der Waals surface area contributed by atoms with Crippen LogP contribution < -0.4 is 5.32 Å². The first-order chi connectivity index (χ1) is 12.8. The van der Waals surface area contributed by atoms with E-state index < -0.39 is 0 Å². The van der Waals surface area contributed by atoms with Crippen LogP contribution in [0.25, 0.3) is 0 Å². The number of nitrogens with zero attached hydrogens (tertiary/aromatic N) is 4. The average Bonchev–Trinajstić information content (AvgIpc) is 3.34. The van der Waals surface area contributed by atoms with Crippen molar-refractivity contribution >= 4 is 5.91 Å². The van der Waals surface area contributed by atoms with Crippen molar-refractivity contribution in [2.75, 3.05) is 13.1 Å². The van der Waals surface area contributed by atoms with Gasteiger partial charge in [0.2, 0.25) is 0 Å². The molecule has 0 saturated heterocycles. The number of carbonyl (C=O) groups excluding carboxylic acids is 1. The fourth-order valence-electron chi connectivity index (χ4n) is 3.37. The normalized spacial score (nSPS) is 17.0. The quantitative estimate of drug-likeness (QED) is 0.737. The number of fused-ring (bicyclic) bond motifs is 1. The van der Waals surface area contributed by atoms with E-state index in [2.05, 4.69) is 31.0 Å². The molecule has 3 aromatic heterocycles. The average molecular weight is 351 g/mol. The van der Waals surface area contributed by atoms with Crippen LogP contribution in [-0.2, 0) is 13.1 Å². The van der Waals surface area contributed by atoms with Gasteiger partial charge in [-0.15, -0.1) is 0 Å². The van der Waals surface area contributed by atoms with E-state index in [9.17, 15) is 4.79 Å². The fraction of sp³-hybridized carbons (Fsp3) is 0.316. The second-order valence-electron chi connectivity index (χ2n) is 6.43. The lowest BCUT2D eigenvalue weighted by atomic mass is 10.1. The fourth-order valence-corrected chi connectivity index (χ4v) is 3.37. The highest BCUT2D eigenvalue weighted by Crippen LogP contribution is 2.23. The lowest BCUT2D eigenvalue weighted by molar-refractivity contribution is 0.0919. The van der Waals surface area contributed by atoms with Crippen molar-refractivity contribution in [3.63, 3.8) is 0 Å². The van der Waals surface area contributed by atoms with Crippen LogP contribution in [0.5, 0.6) is 0 Å². The minimum absolute atomic E-state index is 0.183. The Kier molecular flexibility index (Phi) is 4.79. The predicted octanol–water partition coefficient (Wildman–Crippen LogP) is 2.25. The summed E-state index contributed by atoms with van der Waals surface area (Å²) in [6.07, 6.45) is 5.97. The number of hydrogen-bond donors (Lipinski definition) is 1. The van der Waals surface area contributed by atoms with Gasteiger partial charge in [-0.05, 0) is 36.8 Å². The zero-order valence-corrected chi connectivity index (χ0v) is 14.4. The van der Waals surface area contributed by atoms with Crippen molar-refractivity contribution in [3.05, 3.63) is 72.2 Å². The molecule has 1 unspecified atom stereocenters. The van der Waals surface area contributed by atoms with E-state index in [4.69, 9.17) is 4.42 Å². The third-order valence-electron chi connectivity index (χ3n) is 4.57. The van der Waals surface area contributed by atoms with Crippen LogP contribution in [0.2, 0.25) is 0 Å². The zero-order chi connectivity index (χ0) is 17.8. The monoisotopic (exact) mass is 351 g/mol. The summed E-state index contributed by atoms with van der Waals surface area (Å²) in [5.41, 5.74) is 2.25. The molecule has 0 bridgehead atoms. The molecule has 134 valence electrons. The summed E-state index contributed by atoms with van der Waals surface area (Å²) < 4.78 is 7.20.